The molecule has 0 radical (unpaired) electrons. The van der Waals surface area contributed by atoms with Crippen LogP contribution < -0.4 is 0 Å². The number of halogens is 2. The van der Waals surface area contributed by atoms with Crippen LogP contribution >= 0.6 is 11.6 Å². The Morgan fingerprint density at radius 1 is 1.17 bits per heavy atom. The summed E-state index contributed by atoms with van der Waals surface area (Å²) >= 11 is 6.20. The lowest BCUT2D eigenvalue weighted by atomic mass is 9.79. The Balaban J connectivity index is 2.15. The van der Waals surface area contributed by atoms with Gasteiger partial charge in [0.15, 0.2) is 0 Å². The molecule has 1 aliphatic heterocycles. The highest BCUT2D eigenvalue weighted by Crippen LogP contribution is 2.40. The van der Waals surface area contributed by atoms with E-state index in [0.29, 0.717) is 11.4 Å². The quantitative estimate of drug-likeness (QED) is 0.685. The number of rotatable bonds is 4. The fourth-order valence-corrected chi connectivity index (χ4v) is 2.78. The Morgan fingerprint density at radius 2 is 1.70 bits per heavy atom. The van der Waals surface area contributed by atoms with Crippen molar-refractivity contribution in [2.45, 2.75) is 59.2 Å². The Bertz CT molecular complexity index is 595. The lowest BCUT2D eigenvalue weighted by Gasteiger charge is -2.32. The van der Waals surface area contributed by atoms with E-state index in [0.717, 1.165) is 5.56 Å². The second-order valence-corrected chi connectivity index (χ2v) is 8.28. The zero-order valence-corrected chi connectivity index (χ0v) is 15.5. The largest absolute Gasteiger partial charge is 0.524 e. The van der Waals surface area contributed by atoms with Crippen LogP contribution in [-0.4, -0.2) is 18.3 Å². The first-order valence-electron chi connectivity index (χ1n) is 7.91. The van der Waals surface area contributed by atoms with Crippen LogP contribution in [0.25, 0.3) is 0 Å². The molecule has 2 nitrogen and oxygen atoms in total. The molecule has 0 aromatic heterocycles. The van der Waals surface area contributed by atoms with Crippen LogP contribution in [0.3, 0.4) is 0 Å². The first-order chi connectivity index (χ1) is 10.4. The summed E-state index contributed by atoms with van der Waals surface area (Å²) in [5.41, 5.74) is -0.887. The minimum atomic E-state index is -0.953. The molecule has 0 saturated carbocycles. The normalized spacial score (nSPS) is 20.9. The van der Waals surface area contributed by atoms with E-state index in [4.69, 9.17) is 20.9 Å². The monoisotopic (exact) mass is 338 g/mol. The smallest absolute Gasteiger partial charge is 0.398 e. The lowest BCUT2D eigenvalue weighted by molar-refractivity contribution is 0.00578. The lowest BCUT2D eigenvalue weighted by Crippen LogP contribution is -2.41. The van der Waals surface area contributed by atoms with Gasteiger partial charge in [0, 0.05) is 5.02 Å². The maximum Gasteiger partial charge on any atom is 0.524 e. The molecular formula is C18H25BClFO2. The third-order valence-electron chi connectivity index (χ3n) is 4.61. The molecule has 1 aromatic rings. The van der Waals surface area contributed by atoms with Crippen LogP contribution in [-0.2, 0) is 15.7 Å². The summed E-state index contributed by atoms with van der Waals surface area (Å²) in [4.78, 5) is 0. The Hall–Kier alpha value is -0.835. The van der Waals surface area contributed by atoms with Crippen molar-refractivity contribution in [2.75, 3.05) is 0 Å². The van der Waals surface area contributed by atoms with Gasteiger partial charge in [-0.05, 0) is 51.2 Å². The van der Waals surface area contributed by atoms with E-state index in [-0.39, 0.29) is 5.73 Å². The van der Waals surface area contributed by atoms with Crippen molar-refractivity contribution in [1.82, 2.24) is 0 Å². The number of allylic oxidation sites excluding steroid dienone is 1. The molecule has 23 heavy (non-hydrogen) atoms. The van der Waals surface area contributed by atoms with Gasteiger partial charge in [0.25, 0.3) is 0 Å². The molecule has 0 aliphatic carbocycles. The average Bonchev–Trinajstić information content (AvgIpc) is 2.61. The number of hydrogen-bond acceptors (Lipinski definition) is 2. The van der Waals surface area contributed by atoms with Crippen molar-refractivity contribution >= 4 is 18.7 Å². The molecule has 0 N–H and O–H groups in total. The SMILES string of the molecule is CC(C)(C=C(F)B1OC(C)(C)C(C)(C)O1)Cc1ccccc1Cl. The van der Waals surface area contributed by atoms with Crippen LogP contribution in [0.4, 0.5) is 4.39 Å². The second-order valence-electron chi connectivity index (χ2n) is 7.87. The van der Waals surface area contributed by atoms with Gasteiger partial charge in [-0.15, -0.1) is 0 Å². The first kappa shape index (κ1) is 18.5. The molecule has 0 atom stereocenters. The highest BCUT2D eigenvalue weighted by molar-refractivity contribution is 6.53. The summed E-state index contributed by atoms with van der Waals surface area (Å²) in [5.74, 6) is 0. The highest BCUT2D eigenvalue weighted by Gasteiger charge is 2.53. The molecule has 0 spiro atoms. The molecule has 1 saturated heterocycles. The van der Waals surface area contributed by atoms with E-state index < -0.39 is 23.7 Å². The fraction of sp³-hybridized carbons (Fsp3) is 0.556. The molecule has 1 heterocycles. The van der Waals surface area contributed by atoms with Gasteiger partial charge >= 0.3 is 7.12 Å². The van der Waals surface area contributed by atoms with Gasteiger partial charge in [-0.1, -0.05) is 49.7 Å². The summed E-state index contributed by atoms with van der Waals surface area (Å²) in [7, 11) is -0.953. The third kappa shape index (κ3) is 4.17. The third-order valence-corrected chi connectivity index (χ3v) is 4.98. The van der Waals surface area contributed by atoms with Gasteiger partial charge in [-0.2, -0.15) is 0 Å². The highest BCUT2D eigenvalue weighted by atomic mass is 35.5. The second kappa shape index (κ2) is 6.23. The van der Waals surface area contributed by atoms with E-state index in [1.54, 1.807) is 6.08 Å². The van der Waals surface area contributed by atoms with E-state index in [2.05, 4.69) is 0 Å². The predicted octanol–water partition coefficient (Wildman–Crippen LogP) is 5.39. The molecule has 0 unspecified atom stereocenters. The minimum Gasteiger partial charge on any atom is -0.398 e. The zero-order chi connectivity index (χ0) is 17.5. The van der Waals surface area contributed by atoms with Crippen LogP contribution in [0.15, 0.2) is 36.1 Å². The van der Waals surface area contributed by atoms with Crippen molar-refractivity contribution in [2.24, 2.45) is 5.41 Å². The van der Waals surface area contributed by atoms with Gasteiger partial charge < -0.3 is 9.31 Å². The molecule has 1 fully saturated rings. The van der Waals surface area contributed by atoms with E-state index >= 15 is 0 Å². The molecule has 126 valence electrons. The van der Waals surface area contributed by atoms with Crippen LogP contribution in [0.5, 0.6) is 0 Å². The topological polar surface area (TPSA) is 18.5 Å². The predicted molar refractivity (Wildman–Crippen MR) is 94.2 cm³/mol. The number of hydrogen-bond donors (Lipinski definition) is 0. The van der Waals surface area contributed by atoms with E-state index in [9.17, 15) is 4.39 Å². The van der Waals surface area contributed by atoms with Crippen LogP contribution in [0.1, 0.15) is 47.1 Å². The van der Waals surface area contributed by atoms with Gasteiger partial charge in [-0.25, -0.2) is 4.39 Å². The van der Waals surface area contributed by atoms with Crippen molar-refractivity contribution in [3.8, 4) is 0 Å². The standard InChI is InChI=1S/C18H25BClFO2/c1-16(2,11-13-9-7-8-10-14(13)20)12-15(21)19-22-17(3,4)18(5,6)23-19/h7-10,12H,11H2,1-6H3. The Morgan fingerprint density at radius 3 is 2.22 bits per heavy atom. The maximum absolute atomic E-state index is 14.7. The molecule has 2 rings (SSSR count). The fourth-order valence-electron chi connectivity index (χ4n) is 2.58. The van der Waals surface area contributed by atoms with Gasteiger partial charge in [-0.3, -0.25) is 0 Å². The van der Waals surface area contributed by atoms with Gasteiger partial charge in [0.2, 0.25) is 0 Å². The summed E-state index contributed by atoms with van der Waals surface area (Å²) in [6.07, 6.45) is 2.22. The Labute approximate surface area is 144 Å². The van der Waals surface area contributed by atoms with Crippen LogP contribution in [0, 0.1) is 5.41 Å². The molecule has 1 aromatic carbocycles. The molecular weight excluding hydrogens is 313 g/mol. The van der Waals surface area contributed by atoms with E-state index in [1.165, 1.54) is 0 Å². The maximum atomic E-state index is 14.7. The van der Waals surface area contributed by atoms with Crippen molar-refractivity contribution in [3.05, 3.63) is 46.7 Å². The molecule has 5 heteroatoms. The molecule has 0 amide bonds. The van der Waals surface area contributed by atoms with Crippen molar-refractivity contribution in [1.29, 1.82) is 0 Å². The molecule has 0 bridgehead atoms. The summed E-state index contributed by atoms with van der Waals surface area (Å²) in [5, 5.41) is 0.699. The van der Waals surface area contributed by atoms with Crippen molar-refractivity contribution < 1.29 is 13.7 Å². The van der Waals surface area contributed by atoms with Crippen molar-refractivity contribution in [3.63, 3.8) is 0 Å². The Kier molecular flexibility index (Phi) is 5.01. The minimum absolute atomic E-state index is 0.388. The summed E-state index contributed by atoms with van der Waals surface area (Å²) < 4.78 is 26.2. The van der Waals surface area contributed by atoms with Gasteiger partial charge in [0.05, 0.1) is 11.2 Å². The van der Waals surface area contributed by atoms with Gasteiger partial charge in [0.1, 0.15) is 5.73 Å². The summed E-state index contributed by atoms with van der Waals surface area (Å²) in [6, 6.07) is 7.64. The zero-order valence-electron chi connectivity index (χ0n) is 14.7. The number of benzene rings is 1. The molecule has 1 aliphatic rings. The van der Waals surface area contributed by atoms with E-state index in [1.807, 2.05) is 65.8 Å². The average molecular weight is 339 g/mol. The summed E-state index contributed by atoms with van der Waals surface area (Å²) in [6.45, 7) is 11.6. The van der Waals surface area contributed by atoms with Crippen LogP contribution in [0.2, 0.25) is 5.02 Å². The first-order valence-corrected chi connectivity index (χ1v) is 8.29.